The quantitative estimate of drug-likeness (QED) is 0.568. The highest BCUT2D eigenvalue weighted by molar-refractivity contribution is 8.02. The molecule has 0 aromatic heterocycles. The second-order valence-electron chi connectivity index (χ2n) is 6.45. The van der Waals surface area contributed by atoms with Gasteiger partial charge in [-0.2, -0.15) is 0 Å². The Labute approximate surface area is 157 Å². The van der Waals surface area contributed by atoms with Gasteiger partial charge in [-0.3, -0.25) is 9.69 Å². The predicted molar refractivity (Wildman–Crippen MR) is 101 cm³/mol. The SMILES string of the molecule is CN1CCN(CCNC(=O)C2=C3C=CC(C)(Cl)C(Cl)=C3SN2)CC1. The third kappa shape index (κ3) is 3.78. The van der Waals surface area contributed by atoms with Gasteiger partial charge in [-0.1, -0.05) is 23.8 Å². The number of likely N-dealkylation sites (N-methyl/N-ethyl adjacent to an activating group) is 1. The number of allylic oxidation sites excluding steroid dienone is 4. The minimum absolute atomic E-state index is 0.103. The predicted octanol–water partition coefficient (Wildman–Crippen LogP) is 1.87. The number of hydrogen-bond acceptors (Lipinski definition) is 5. The van der Waals surface area contributed by atoms with Crippen molar-refractivity contribution >= 4 is 41.1 Å². The first-order valence-corrected chi connectivity index (χ1v) is 9.61. The molecule has 2 aliphatic heterocycles. The highest BCUT2D eigenvalue weighted by Crippen LogP contribution is 2.46. The first kappa shape index (κ1) is 18.1. The number of nitrogens with one attached hydrogen (secondary N) is 2. The molecule has 0 aromatic carbocycles. The maximum Gasteiger partial charge on any atom is 0.268 e. The van der Waals surface area contributed by atoms with Crippen molar-refractivity contribution in [3.05, 3.63) is 33.4 Å². The molecular formula is C16H22Cl2N4OS. The number of halogens is 2. The van der Waals surface area contributed by atoms with Crippen LogP contribution in [0.25, 0.3) is 0 Å². The van der Waals surface area contributed by atoms with E-state index in [1.165, 1.54) is 11.9 Å². The van der Waals surface area contributed by atoms with E-state index in [-0.39, 0.29) is 5.91 Å². The summed E-state index contributed by atoms with van der Waals surface area (Å²) < 4.78 is 3.07. The number of piperazine rings is 1. The summed E-state index contributed by atoms with van der Waals surface area (Å²) in [6, 6.07) is 0. The summed E-state index contributed by atoms with van der Waals surface area (Å²) >= 11 is 14.0. The molecule has 1 amide bonds. The van der Waals surface area contributed by atoms with Gasteiger partial charge < -0.3 is 14.9 Å². The minimum atomic E-state index is -0.706. The molecule has 5 nitrogen and oxygen atoms in total. The van der Waals surface area contributed by atoms with Gasteiger partial charge >= 0.3 is 0 Å². The normalized spacial score (nSPS) is 28.2. The molecule has 3 rings (SSSR count). The third-order valence-corrected chi connectivity index (χ3v) is 6.54. The zero-order valence-electron chi connectivity index (χ0n) is 13.9. The van der Waals surface area contributed by atoms with Crippen molar-refractivity contribution in [3.8, 4) is 0 Å². The molecule has 1 saturated heterocycles. The molecule has 0 aromatic rings. The van der Waals surface area contributed by atoms with Gasteiger partial charge in [0, 0.05) is 44.8 Å². The fourth-order valence-electron chi connectivity index (χ4n) is 2.84. The molecule has 8 heteroatoms. The van der Waals surface area contributed by atoms with Gasteiger partial charge in [0.1, 0.15) is 5.70 Å². The second kappa shape index (κ2) is 7.30. The summed E-state index contributed by atoms with van der Waals surface area (Å²) in [5.41, 5.74) is 1.37. The number of amides is 1. The maximum absolute atomic E-state index is 12.5. The van der Waals surface area contributed by atoms with Gasteiger partial charge in [0.2, 0.25) is 0 Å². The Morgan fingerprint density at radius 1 is 1.42 bits per heavy atom. The van der Waals surface area contributed by atoms with Gasteiger partial charge in [0.05, 0.1) is 14.8 Å². The molecule has 0 saturated carbocycles. The first-order valence-electron chi connectivity index (χ1n) is 8.03. The number of alkyl halides is 1. The fraction of sp³-hybridized carbons (Fsp3) is 0.562. The lowest BCUT2D eigenvalue weighted by atomic mass is 9.99. The number of rotatable bonds is 4. The summed E-state index contributed by atoms with van der Waals surface area (Å²) in [5, 5.41) is 3.55. The van der Waals surface area contributed by atoms with Crippen molar-refractivity contribution in [2.45, 2.75) is 11.8 Å². The lowest BCUT2D eigenvalue weighted by molar-refractivity contribution is -0.117. The van der Waals surface area contributed by atoms with Gasteiger partial charge in [0.15, 0.2) is 0 Å². The van der Waals surface area contributed by atoms with E-state index in [9.17, 15) is 4.79 Å². The molecule has 1 atom stereocenters. The Balaban J connectivity index is 1.57. The standard InChI is InChI=1S/C16H22Cl2N4OS/c1-16(18)4-3-11-12(20-24-13(11)14(16)17)15(23)19-5-6-22-9-7-21(2)8-10-22/h3-4,20H,5-10H2,1-2H3,(H,19,23). The molecule has 3 aliphatic rings. The highest BCUT2D eigenvalue weighted by atomic mass is 35.5. The molecule has 0 bridgehead atoms. The van der Waals surface area contributed by atoms with E-state index >= 15 is 0 Å². The second-order valence-corrected chi connectivity index (χ2v) is 8.43. The van der Waals surface area contributed by atoms with E-state index in [2.05, 4.69) is 26.9 Å². The molecule has 1 aliphatic carbocycles. The molecule has 24 heavy (non-hydrogen) atoms. The molecular weight excluding hydrogens is 367 g/mol. The lowest BCUT2D eigenvalue weighted by Crippen LogP contribution is -2.47. The average molecular weight is 389 g/mol. The number of fused-ring (bicyclic) bond motifs is 1. The fourth-order valence-corrected chi connectivity index (χ4v) is 4.32. The number of hydrogen-bond donors (Lipinski definition) is 2. The summed E-state index contributed by atoms with van der Waals surface area (Å²) in [6.07, 6.45) is 3.69. The van der Waals surface area contributed by atoms with Crippen LogP contribution in [0.3, 0.4) is 0 Å². The third-order valence-electron chi connectivity index (χ3n) is 4.50. The first-order chi connectivity index (χ1) is 11.4. The van der Waals surface area contributed by atoms with Gasteiger partial charge in [0.25, 0.3) is 5.91 Å². The van der Waals surface area contributed by atoms with Crippen molar-refractivity contribution in [2.24, 2.45) is 0 Å². The topological polar surface area (TPSA) is 47.6 Å². The largest absolute Gasteiger partial charge is 0.349 e. The van der Waals surface area contributed by atoms with E-state index < -0.39 is 4.87 Å². The van der Waals surface area contributed by atoms with Crippen LogP contribution in [0.2, 0.25) is 0 Å². The number of carbonyl (C=O) groups excluding carboxylic acids is 1. The van der Waals surface area contributed by atoms with Crippen LogP contribution in [0.4, 0.5) is 0 Å². The van der Waals surface area contributed by atoms with Crippen molar-refractivity contribution in [3.63, 3.8) is 0 Å². The van der Waals surface area contributed by atoms with Gasteiger partial charge in [-0.15, -0.1) is 11.6 Å². The Hall–Kier alpha value is -0.660. The van der Waals surface area contributed by atoms with Crippen molar-refractivity contribution in [1.29, 1.82) is 0 Å². The van der Waals surface area contributed by atoms with Crippen molar-refractivity contribution < 1.29 is 4.79 Å². The maximum atomic E-state index is 12.5. The lowest BCUT2D eigenvalue weighted by Gasteiger charge is -2.32. The van der Waals surface area contributed by atoms with Gasteiger partial charge in [-0.25, -0.2) is 0 Å². The molecule has 2 N–H and O–H groups in total. The van der Waals surface area contributed by atoms with Crippen LogP contribution in [0.15, 0.2) is 33.4 Å². The van der Waals surface area contributed by atoms with Crippen LogP contribution in [-0.4, -0.2) is 66.9 Å². The Kier molecular flexibility index (Phi) is 5.52. The van der Waals surface area contributed by atoms with Crippen molar-refractivity contribution in [1.82, 2.24) is 19.8 Å². The number of nitrogens with zero attached hydrogens (tertiary/aromatic N) is 2. The molecule has 1 fully saturated rings. The molecule has 2 heterocycles. The van der Waals surface area contributed by atoms with E-state index in [1.807, 2.05) is 19.1 Å². The molecule has 0 radical (unpaired) electrons. The van der Waals surface area contributed by atoms with Gasteiger partial charge in [-0.05, 0) is 25.9 Å². The van der Waals surface area contributed by atoms with Crippen molar-refractivity contribution in [2.75, 3.05) is 46.3 Å². The zero-order valence-corrected chi connectivity index (χ0v) is 16.2. The summed E-state index contributed by atoms with van der Waals surface area (Å²) in [7, 11) is 2.14. The van der Waals surface area contributed by atoms with E-state index in [0.717, 1.165) is 43.2 Å². The summed E-state index contributed by atoms with van der Waals surface area (Å²) in [5.74, 6) is -0.103. The van der Waals surface area contributed by atoms with Crippen LogP contribution >= 0.6 is 35.1 Å². The molecule has 0 spiro atoms. The summed E-state index contributed by atoms with van der Waals surface area (Å²) in [6.45, 7) is 7.60. The van der Waals surface area contributed by atoms with E-state index in [4.69, 9.17) is 23.2 Å². The van der Waals surface area contributed by atoms with Crippen LogP contribution < -0.4 is 10.0 Å². The zero-order chi connectivity index (χ0) is 17.3. The molecule has 1 unspecified atom stereocenters. The summed E-state index contributed by atoms with van der Waals surface area (Å²) in [4.78, 5) is 17.3. The molecule has 132 valence electrons. The van der Waals surface area contributed by atoms with Crippen LogP contribution in [-0.2, 0) is 4.79 Å². The van der Waals surface area contributed by atoms with Crippen LogP contribution in [0.1, 0.15) is 6.92 Å². The smallest absolute Gasteiger partial charge is 0.268 e. The van der Waals surface area contributed by atoms with Crippen LogP contribution in [0.5, 0.6) is 0 Å². The monoisotopic (exact) mass is 388 g/mol. The average Bonchev–Trinajstić information content (AvgIpc) is 2.97. The Morgan fingerprint density at radius 3 is 2.83 bits per heavy atom. The minimum Gasteiger partial charge on any atom is -0.349 e. The van der Waals surface area contributed by atoms with E-state index in [1.54, 1.807) is 0 Å². The Bertz CT molecular complexity index is 622. The highest BCUT2D eigenvalue weighted by Gasteiger charge is 2.35. The van der Waals surface area contributed by atoms with Crippen LogP contribution in [0, 0.1) is 0 Å². The van der Waals surface area contributed by atoms with E-state index in [0.29, 0.717) is 17.3 Å². The number of carbonyl (C=O) groups is 1. The Morgan fingerprint density at radius 2 is 2.12 bits per heavy atom.